The van der Waals surface area contributed by atoms with E-state index in [2.05, 4.69) is 40.1 Å². The number of benzene rings is 1. The minimum absolute atomic E-state index is 0.135. The Bertz CT molecular complexity index is 628. The molecule has 2 N–H and O–H groups in total. The van der Waals surface area contributed by atoms with Crippen LogP contribution in [0.3, 0.4) is 0 Å². The molecule has 98 valence electrons. The first-order valence-electron chi connectivity index (χ1n) is 6.29. The zero-order valence-corrected chi connectivity index (χ0v) is 11.1. The van der Waals surface area contributed by atoms with E-state index in [1.165, 1.54) is 5.56 Å². The van der Waals surface area contributed by atoms with E-state index in [9.17, 15) is 0 Å². The van der Waals surface area contributed by atoms with Crippen molar-refractivity contribution in [1.29, 1.82) is 0 Å². The lowest BCUT2D eigenvalue weighted by Crippen LogP contribution is -2.36. The molecule has 0 bridgehead atoms. The van der Waals surface area contributed by atoms with Crippen molar-refractivity contribution in [2.45, 2.75) is 13.0 Å². The Balaban J connectivity index is 1.99. The second-order valence-corrected chi connectivity index (χ2v) is 4.87. The number of nitrogens with zero attached hydrogens (tertiary/aromatic N) is 4. The van der Waals surface area contributed by atoms with E-state index >= 15 is 0 Å². The van der Waals surface area contributed by atoms with Gasteiger partial charge in [0.2, 0.25) is 0 Å². The fourth-order valence-corrected chi connectivity index (χ4v) is 2.45. The molecule has 5 heteroatoms. The molecule has 0 spiro atoms. The molecule has 2 aromatic rings. The average molecular weight is 255 g/mol. The first-order chi connectivity index (χ1) is 9.15. The van der Waals surface area contributed by atoms with Crippen LogP contribution in [0, 0.1) is 6.92 Å². The van der Waals surface area contributed by atoms with Crippen LogP contribution in [0.4, 0.5) is 5.69 Å². The van der Waals surface area contributed by atoms with Crippen LogP contribution in [-0.2, 0) is 7.05 Å². The van der Waals surface area contributed by atoms with E-state index in [1.54, 1.807) is 4.68 Å². The van der Waals surface area contributed by atoms with Crippen molar-refractivity contribution in [3.8, 4) is 0 Å². The van der Waals surface area contributed by atoms with Crippen molar-refractivity contribution in [2.75, 3.05) is 11.4 Å². The van der Waals surface area contributed by atoms with E-state index in [1.807, 2.05) is 25.5 Å². The quantitative estimate of drug-likeness (QED) is 0.886. The number of anilines is 1. The third-order valence-corrected chi connectivity index (χ3v) is 3.37. The van der Waals surface area contributed by atoms with Crippen molar-refractivity contribution in [1.82, 2.24) is 9.78 Å². The molecule has 1 aromatic carbocycles. The van der Waals surface area contributed by atoms with E-state index in [0.29, 0.717) is 12.5 Å². The lowest BCUT2D eigenvalue weighted by atomic mass is 10.1. The number of guanidine groups is 1. The number of nitrogens with two attached hydrogens (primary N) is 1. The van der Waals surface area contributed by atoms with E-state index < -0.39 is 0 Å². The molecule has 1 aliphatic heterocycles. The topological polar surface area (TPSA) is 59.4 Å². The number of hydrogen-bond acceptors (Lipinski definition) is 4. The Morgan fingerprint density at radius 1 is 1.37 bits per heavy atom. The van der Waals surface area contributed by atoms with Gasteiger partial charge in [-0.05, 0) is 24.6 Å². The van der Waals surface area contributed by atoms with Gasteiger partial charge in [-0.25, -0.2) is 0 Å². The maximum absolute atomic E-state index is 6.04. The van der Waals surface area contributed by atoms with E-state index in [-0.39, 0.29) is 6.04 Å². The lowest BCUT2D eigenvalue weighted by molar-refractivity contribution is 0.752. The number of aromatic nitrogens is 2. The first kappa shape index (κ1) is 11.8. The van der Waals surface area contributed by atoms with Crippen molar-refractivity contribution in [3.63, 3.8) is 0 Å². The van der Waals surface area contributed by atoms with Gasteiger partial charge in [-0.1, -0.05) is 12.1 Å². The summed E-state index contributed by atoms with van der Waals surface area (Å²) >= 11 is 0. The molecular weight excluding hydrogens is 238 g/mol. The van der Waals surface area contributed by atoms with Crippen LogP contribution in [0.25, 0.3) is 0 Å². The van der Waals surface area contributed by atoms with Crippen LogP contribution in [-0.4, -0.2) is 22.3 Å². The average Bonchev–Trinajstić information content (AvgIpc) is 2.95. The van der Waals surface area contributed by atoms with Crippen LogP contribution < -0.4 is 10.6 Å². The minimum Gasteiger partial charge on any atom is -0.369 e. The van der Waals surface area contributed by atoms with Gasteiger partial charge in [0.1, 0.15) is 0 Å². The first-order valence-corrected chi connectivity index (χ1v) is 6.29. The molecule has 1 atom stereocenters. The van der Waals surface area contributed by atoms with Crippen LogP contribution >= 0.6 is 0 Å². The van der Waals surface area contributed by atoms with Gasteiger partial charge < -0.3 is 10.6 Å². The van der Waals surface area contributed by atoms with Crippen molar-refractivity contribution < 1.29 is 0 Å². The number of aryl methyl sites for hydroxylation is 2. The summed E-state index contributed by atoms with van der Waals surface area (Å²) in [7, 11) is 1.92. The monoisotopic (exact) mass is 255 g/mol. The smallest absolute Gasteiger partial charge is 0.196 e. The lowest BCUT2D eigenvalue weighted by Gasteiger charge is -2.25. The fraction of sp³-hybridized carbons (Fsp3) is 0.286. The Morgan fingerprint density at radius 2 is 2.21 bits per heavy atom. The van der Waals surface area contributed by atoms with Gasteiger partial charge in [0.25, 0.3) is 0 Å². The highest BCUT2D eigenvalue weighted by Crippen LogP contribution is 2.31. The zero-order valence-electron chi connectivity index (χ0n) is 11.1. The summed E-state index contributed by atoms with van der Waals surface area (Å²) in [4.78, 5) is 6.45. The molecule has 1 aromatic heterocycles. The predicted molar refractivity (Wildman–Crippen MR) is 76.1 cm³/mol. The molecule has 0 fully saturated rings. The molecule has 5 nitrogen and oxygen atoms in total. The number of rotatable bonds is 2. The maximum Gasteiger partial charge on any atom is 0.196 e. The van der Waals surface area contributed by atoms with Crippen LogP contribution in [0.1, 0.15) is 17.2 Å². The maximum atomic E-state index is 6.04. The summed E-state index contributed by atoms with van der Waals surface area (Å²) in [5, 5.41) is 4.23. The Morgan fingerprint density at radius 3 is 2.89 bits per heavy atom. The standard InChI is InChI=1S/C14H17N5/c1-10-4-3-5-12(6-10)19-13(8-16-14(19)15)11-7-17-18(2)9-11/h3-7,9,13H,8H2,1-2H3,(H2,15,16). The Hall–Kier alpha value is -2.30. The minimum atomic E-state index is 0.135. The van der Waals surface area contributed by atoms with Crippen molar-refractivity contribution in [2.24, 2.45) is 17.8 Å². The summed E-state index contributed by atoms with van der Waals surface area (Å²) < 4.78 is 1.80. The van der Waals surface area contributed by atoms with E-state index in [4.69, 9.17) is 5.73 Å². The van der Waals surface area contributed by atoms with Gasteiger partial charge in [-0.15, -0.1) is 0 Å². The molecule has 0 aliphatic carbocycles. The molecule has 1 unspecified atom stereocenters. The Kier molecular flexibility index (Phi) is 2.74. The third-order valence-electron chi connectivity index (χ3n) is 3.37. The van der Waals surface area contributed by atoms with Gasteiger partial charge in [0, 0.05) is 24.5 Å². The molecule has 2 heterocycles. The van der Waals surface area contributed by atoms with E-state index in [0.717, 1.165) is 11.3 Å². The van der Waals surface area contributed by atoms with Gasteiger partial charge in [-0.2, -0.15) is 5.10 Å². The summed E-state index contributed by atoms with van der Waals surface area (Å²) in [6, 6.07) is 8.43. The highest BCUT2D eigenvalue weighted by molar-refractivity contribution is 5.97. The summed E-state index contributed by atoms with van der Waals surface area (Å²) in [5.74, 6) is 0.569. The van der Waals surface area contributed by atoms with Crippen molar-refractivity contribution >= 4 is 11.6 Å². The number of aliphatic imine (C=N–C) groups is 1. The van der Waals surface area contributed by atoms with Gasteiger partial charge >= 0.3 is 0 Å². The zero-order chi connectivity index (χ0) is 13.4. The van der Waals surface area contributed by atoms with Gasteiger partial charge in [0.15, 0.2) is 5.96 Å². The largest absolute Gasteiger partial charge is 0.369 e. The molecule has 0 amide bonds. The normalized spacial score (nSPS) is 18.7. The van der Waals surface area contributed by atoms with Gasteiger partial charge in [-0.3, -0.25) is 9.67 Å². The SMILES string of the molecule is Cc1cccc(N2C(N)=NCC2c2cnn(C)c2)c1. The molecule has 0 saturated carbocycles. The fourth-order valence-electron chi connectivity index (χ4n) is 2.45. The summed E-state index contributed by atoms with van der Waals surface area (Å²) in [6.45, 7) is 2.75. The molecule has 1 aliphatic rings. The second-order valence-electron chi connectivity index (χ2n) is 4.87. The summed E-state index contributed by atoms with van der Waals surface area (Å²) in [5.41, 5.74) is 9.46. The van der Waals surface area contributed by atoms with Crippen LogP contribution in [0.15, 0.2) is 41.7 Å². The highest BCUT2D eigenvalue weighted by Gasteiger charge is 2.29. The third kappa shape index (κ3) is 2.07. The molecule has 19 heavy (non-hydrogen) atoms. The van der Waals surface area contributed by atoms with Crippen LogP contribution in [0.5, 0.6) is 0 Å². The Labute approximate surface area is 112 Å². The van der Waals surface area contributed by atoms with Crippen molar-refractivity contribution in [3.05, 3.63) is 47.8 Å². The predicted octanol–water partition coefficient (Wildman–Crippen LogP) is 1.60. The molecule has 0 saturated heterocycles. The second kappa shape index (κ2) is 4.42. The molecule has 0 radical (unpaired) electrons. The molecular formula is C14H17N5. The highest BCUT2D eigenvalue weighted by atomic mass is 15.3. The van der Waals surface area contributed by atoms with Gasteiger partial charge in [0.05, 0.1) is 18.8 Å². The molecule has 3 rings (SSSR count). The summed E-state index contributed by atoms with van der Waals surface area (Å²) in [6.07, 6.45) is 3.89. The van der Waals surface area contributed by atoms with Crippen LogP contribution in [0.2, 0.25) is 0 Å². The number of hydrogen-bond donors (Lipinski definition) is 1.